The minimum absolute atomic E-state index is 0.264. The fourth-order valence-corrected chi connectivity index (χ4v) is 3.20. The highest BCUT2D eigenvalue weighted by molar-refractivity contribution is 14.1. The Labute approximate surface area is 115 Å². The maximum Gasteiger partial charge on any atom is 0.0416 e. The highest BCUT2D eigenvalue weighted by Gasteiger charge is 2.18. The van der Waals surface area contributed by atoms with Gasteiger partial charge in [-0.25, -0.2) is 0 Å². The van der Waals surface area contributed by atoms with Crippen molar-refractivity contribution < 1.29 is 0 Å². The van der Waals surface area contributed by atoms with Crippen molar-refractivity contribution in [3.63, 3.8) is 0 Å². The normalized spacial score (nSPS) is 22.8. The van der Waals surface area contributed by atoms with Crippen LogP contribution in [0.25, 0.3) is 22.9 Å². The predicted molar refractivity (Wildman–Crippen MR) is 83.9 cm³/mol. The summed E-state index contributed by atoms with van der Waals surface area (Å²) in [5.41, 5.74) is 1.42. The van der Waals surface area contributed by atoms with E-state index in [4.69, 9.17) is 0 Å². The first-order chi connectivity index (χ1) is 8.07. The fraction of sp³-hybridized carbons (Fsp3) is 0.250. The van der Waals surface area contributed by atoms with Crippen LogP contribution >= 0.6 is 22.6 Å². The van der Waals surface area contributed by atoms with Gasteiger partial charge in [-0.15, -0.1) is 0 Å². The lowest BCUT2D eigenvalue weighted by Gasteiger charge is -2.20. The Morgan fingerprint density at radius 1 is 1.24 bits per heavy atom. The lowest BCUT2D eigenvalue weighted by atomic mass is 9.93. The molecule has 1 aliphatic rings. The summed E-state index contributed by atoms with van der Waals surface area (Å²) in [4.78, 5) is 0. The first kappa shape index (κ1) is 11.3. The number of fused-ring (bicyclic) bond motifs is 2. The van der Waals surface area contributed by atoms with E-state index in [0.717, 1.165) is 6.42 Å². The van der Waals surface area contributed by atoms with Gasteiger partial charge in [0.15, 0.2) is 0 Å². The molecule has 0 nitrogen and oxygen atoms in total. The number of halogens is 1. The minimum atomic E-state index is 0.264. The van der Waals surface area contributed by atoms with E-state index in [0.29, 0.717) is 0 Å². The quantitative estimate of drug-likeness (QED) is 0.512. The van der Waals surface area contributed by atoms with Crippen LogP contribution in [-0.2, 0) is 0 Å². The number of rotatable bonds is 0. The summed E-state index contributed by atoms with van der Waals surface area (Å²) in [6, 6.07) is 11.0. The zero-order valence-corrected chi connectivity index (χ0v) is 12.3. The lowest BCUT2D eigenvalue weighted by molar-refractivity contribution is 0.901. The summed E-state index contributed by atoms with van der Waals surface area (Å²) in [5, 5.41) is 5.55. The van der Waals surface area contributed by atoms with E-state index in [9.17, 15) is 0 Å². The number of benzene rings is 2. The van der Waals surface area contributed by atoms with Gasteiger partial charge in [0.1, 0.15) is 0 Å². The standard InChI is InChI=1S/C16H15I/c1-11-14-6-4-3-5-12(14)9-13-10-16(2,17)8-7-15(11)13/h3-7,9-10H,8H2,1-2H3. The first-order valence-corrected chi connectivity index (χ1v) is 7.05. The van der Waals surface area contributed by atoms with E-state index in [1.165, 1.54) is 26.8 Å². The Morgan fingerprint density at radius 3 is 2.82 bits per heavy atom. The van der Waals surface area contributed by atoms with Crippen LogP contribution in [0.15, 0.2) is 30.3 Å². The molecule has 2 aromatic rings. The third kappa shape index (κ3) is 1.90. The van der Waals surface area contributed by atoms with Gasteiger partial charge in [-0.05, 0) is 53.1 Å². The number of alkyl halides is 1. The minimum Gasteiger partial charge on any atom is -0.0748 e. The van der Waals surface area contributed by atoms with Crippen molar-refractivity contribution >= 4 is 45.5 Å². The molecule has 2 aromatic carbocycles. The molecule has 3 rings (SSSR count). The molecular formula is C16H15I. The predicted octanol–water partition coefficient (Wildman–Crippen LogP) is 3.31. The molecule has 0 radical (unpaired) electrons. The average Bonchev–Trinajstić information content (AvgIpc) is 2.27. The number of aryl methyl sites for hydroxylation is 1. The second-order valence-electron chi connectivity index (χ2n) is 5.06. The smallest absolute Gasteiger partial charge is 0.0416 e. The summed E-state index contributed by atoms with van der Waals surface area (Å²) >= 11 is 2.54. The van der Waals surface area contributed by atoms with Crippen molar-refractivity contribution in [3.05, 3.63) is 46.3 Å². The van der Waals surface area contributed by atoms with Crippen LogP contribution in [0.3, 0.4) is 0 Å². The highest BCUT2D eigenvalue weighted by atomic mass is 127. The van der Waals surface area contributed by atoms with Gasteiger partial charge in [-0.3, -0.25) is 0 Å². The van der Waals surface area contributed by atoms with Gasteiger partial charge in [0.05, 0.1) is 0 Å². The molecule has 0 amide bonds. The number of hydrogen-bond donors (Lipinski definition) is 0. The van der Waals surface area contributed by atoms with Crippen LogP contribution in [0.1, 0.15) is 18.9 Å². The van der Waals surface area contributed by atoms with Crippen molar-refractivity contribution in [2.75, 3.05) is 0 Å². The molecule has 0 aliphatic heterocycles. The Morgan fingerprint density at radius 2 is 2.00 bits per heavy atom. The molecule has 1 unspecified atom stereocenters. The zero-order valence-electron chi connectivity index (χ0n) is 10.1. The van der Waals surface area contributed by atoms with Crippen molar-refractivity contribution in [1.29, 1.82) is 0 Å². The Kier molecular flexibility index (Phi) is 2.54. The van der Waals surface area contributed by atoms with Gasteiger partial charge in [0.25, 0.3) is 0 Å². The van der Waals surface area contributed by atoms with Crippen molar-refractivity contribution in [1.82, 2.24) is 0 Å². The Balaban J connectivity index is 2.49. The molecule has 1 aliphatic carbocycles. The van der Waals surface area contributed by atoms with Crippen LogP contribution < -0.4 is 10.4 Å². The van der Waals surface area contributed by atoms with Gasteiger partial charge in [-0.1, -0.05) is 59.0 Å². The first-order valence-electron chi connectivity index (χ1n) is 5.97. The number of hydrogen-bond acceptors (Lipinski definition) is 0. The van der Waals surface area contributed by atoms with Gasteiger partial charge in [0.2, 0.25) is 0 Å². The third-order valence-electron chi connectivity index (χ3n) is 3.55. The molecule has 0 bridgehead atoms. The van der Waals surface area contributed by atoms with Crippen molar-refractivity contribution in [2.24, 2.45) is 0 Å². The summed E-state index contributed by atoms with van der Waals surface area (Å²) in [6.07, 6.45) is 5.92. The van der Waals surface area contributed by atoms with Crippen LogP contribution in [0.5, 0.6) is 0 Å². The molecular weight excluding hydrogens is 319 g/mol. The van der Waals surface area contributed by atoms with E-state index >= 15 is 0 Å². The molecule has 0 saturated carbocycles. The van der Waals surface area contributed by atoms with Crippen LogP contribution in [-0.4, -0.2) is 3.42 Å². The average molecular weight is 334 g/mol. The fourth-order valence-electron chi connectivity index (χ4n) is 2.65. The van der Waals surface area contributed by atoms with Crippen molar-refractivity contribution in [2.45, 2.75) is 23.7 Å². The molecule has 0 saturated heterocycles. The lowest BCUT2D eigenvalue weighted by Crippen LogP contribution is -2.35. The maximum absolute atomic E-state index is 2.54. The highest BCUT2D eigenvalue weighted by Crippen LogP contribution is 2.26. The third-order valence-corrected chi connectivity index (χ3v) is 4.30. The molecule has 0 N–H and O–H groups in total. The van der Waals surface area contributed by atoms with E-state index in [-0.39, 0.29) is 3.42 Å². The van der Waals surface area contributed by atoms with Gasteiger partial charge >= 0.3 is 0 Å². The summed E-state index contributed by atoms with van der Waals surface area (Å²) in [5.74, 6) is 0. The molecule has 86 valence electrons. The van der Waals surface area contributed by atoms with Gasteiger partial charge < -0.3 is 0 Å². The maximum atomic E-state index is 2.54. The van der Waals surface area contributed by atoms with Crippen LogP contribution in [0, 0.1) is 6.92 Å². The summed E-state index contributed by atoms with van der Waals surface area (Å²) < 4.78 is 0.264. The molecule has 1 atom stereocenters. The Bertz CT molecular complexity index is 708. The molecule has 0 fully saturated rings. The van der Waals surface area contributed by atoms with Crippen LogP contribution in [0.4, 0.5) is 0 Å². The molecule has 0 spiro atoms. The molecule has 1 heteroatoms. The second kappa shape index (κ2) is 3.84. The topological polar surface area (TPSA) is 0 Å². The zero-order chi connectivity index (χ0) is 12.0. The summed E-state index contributed by atoms with van der Waals surface area (Å²) in [6.45, 7) is 4.53. The SMILES string of the molecule is Cc1c2c(cc3ccccc13)=CC(C)(I)CC=2. The van der Waals surface area contributed by atoms with E-state index < -0.39 is 0 Å². The largest absolute Gasteiger partial charge is 0.0748 e. The van der Waals surface area contributed by atoms with Crippen molar-refractivity contribution in [3.8, 4) is 0 Å². The summed E-state index contributed by atoms with van der Waals surface area (Å²) in [7, 11) is 0. The molecule has 0 aromatic heterocycles. The van der Waals surface area contributed by atoms with E-state index in [1.807, 2.05) is 0 Å². The monoisotopic (exact) mass is 334 g/mol. The van der Waals surface area contributed by atoms with Crippen LogP contribution in [0.2, 0.25) is 0 Å². The van der Waals surface area contributed by atoms with Gasteiger partial charge in [-0.2, -0.15) is 0 Å². The van der Waals surface area contributed by atoms with E-state index in [1.54, 1.807) is 0 Å². The molecule has 17 heavy (non-hydrogen) atoms. The van der Waals surface area contributed by atoms with E-state index in [2.05, 4.69) is 78.9 Å². The van der Waals surface area contributed by atoms with Gasteiger partial charge in [0, 0.05) is 3.42 Å². The second-order valence-corrected chi connectivity index (χ2v) is 7.52. The molecule has 0 heterocycles. The Hall–Kier alpha value is -0.830.